The van der Waals surface area contributed by atoms with Crippen LogP contribution in [0.25, 0.3) is 17.2 Å². The van der Waals surface area contributed by atoms with Crippen molar-refractivity contribution in [3.05, 3.63) is 81.3 Å². The maximum Gasteiger partial charge on any atom is 0.256 e. The molecule has 2 aromatic carbocycles. The van der Waals surface area contributed by atoms with E-state index in [-0.39, 0.29) is 18.0 Å². The first-order valence-corrected chi connectivity index (χ1v) is 11.0. The predicted octanol–water partition coefficient (Wildman–Crippen LogP) is 4.48. The number of nitrogens with one attached hydrogen (secondary N) is 2. The van der Waals surface area contributed by atoms with Gasteiger partial charge in [0.25, 0.3) is 11.5 Å². The maximum absolute atomic E-state index is 13.2. The van der Waals surface area contributed by atoms with Gasteiger partial charge >= 0.3 is 0 Å². The average molecular weight is 461 g/mol. The fraction of sp³-hybridized carbons (Fsp3) is 0.259. The van der Waals surface area contributed by atoms with Crippen molar-refractivity contribution >= 4 is 12.0 Å². The minimum Gasteiger partial charge on any atom is -0.497 e. The molecule has 176 valence electrons. The standard InChI is InChI=1S/C27H28N2O5/c1-16-11-23(33-5)22(26(31)29-16)15-28-25(30)19-12-18-9-10-27(2,3)34-24(18)21(14-19)17-7-6-8-20(13-17)32-4/h6-14H,15H2,1-5H3,(H,28,30)(H,29,31). The second kappa shape index (κ2) is 9.09. The second-order valence-electron chi connectivity index (χ2n) is 8.72. The van der Waals surface area contributed by atoms with Gasteiger partial charge in [-0.15, -0.1) is 0 Å². The Kier molecular flexibility index (Phi) is 6.20. The number of amides is 1. The lowest BCUT2D eigenvalue weighted by Crippen LogP contribution is -2.29. The van der Waals surface area contributed by atoms with Crippen molar-refractivity contribution in [2.45, 2.75) is 32.9 Å². The summed E-state index contributed by atoms with van der Waals surface area (Å²) in [6.45, 7) is 5.77. The number of aryl methyl sites for hydroxylation is 1. The molecule has 34 heavy (non-hydrogen) atoms. The Morgan fingerprint density at radius 2 is 1.91 bits per heavy atom. The van der Waals surface area contributed by atoms with Crippen molar-refractivity contribution in [2.75, 3.05) is 14.2 Å². The van der Waals surface area contributed by atoms with Crippen LogP contribution in [0.4, 0.5) is 0 Å². The number of hydrogen-bond donors (Lipinski definition) is 2. The van der Waals surface area contributed by atoms with E-state index in [1.54, 1.807) is 32.2 Å². The van der Waals surface area contributed by atoms with E-state index in [1.165, 1.54) is 7.11 Å². The Morgan fingerprint density at radius 1 is 1.12 bits per heavy atom. The van der Waals surface area contributed by atoms with Gasteiger partial charge in [-0.05, 0) is 62.7 Å². The summed E-state index contributed by atoms with van der Waals surface area (Å²) in [6.07, 6.45) is 3.93. The molecule has 0 spiro atoms. The van der Waals surface area contributed by atoms with Crippen molar-refractivity contribution in [1.29, 1.82) is 0 Å². The maximum atomic E-state index is 13.2. The highest BCUT2D eigenvalue weighted by atomic mass is 16.5. The molecule has 7 nitrogen and oxygen atoms in total. The fourth-order valence-electron chi connectivity index (χ4n) is 3.92. The number of H-pyrrole nitrogens is 1. The van der Waals surface area contributed by atoms with Crippen LogP contribution < -0.4 is 25.1 Å². The van der Waals surface area contributed by atoms with Gasteiger partial charge in [-0.25, -0.2) is 0 Å². The molecule has 0 saturated heterocycles. The van der Waals surface area contributed by atoms with Crippen molar-refractivity contribution < 1.29 is 19.0 Å². The molecule has 1 amide bonds. The molecular weight excluding hydrogens is 432 g/mol. The first kappa shape index (κ1) is 23.2. The number of ether oxygens (including phenoxy) is 3. The molecule has 0 aliphatic carbocycles. The van der Waals surface area contributed by atoms with Crippen LogP contribution in [0.1, 0.15) is 41.0 Å². The lowest BCUT2D eigenvalue weighted by Gasteiger charge is -2.30. The molecule has 0 bridgehead atoms. The van der Waals surface area contributed by atoms with Gasteiger partial charge in [0.2, 0.25) is 0 Å². The van der Waals surface area contributed by atoms with E-state index in [0.29, 0.717) is 34.1 Å². The number of aromatic amines is 1. The molecule has 4 rings (SSSR count). The van der Waals surface area contributed by atoms with Crippen LogP contribution in [0.2, 0.25) is 0 Å². The highest BCUT2D eigenvalue weighted by Crippen LogP contribution is 2.41. The van der Waals surface area contributed by atoms with Crippen molar-refractivity contribution in [3.63, 3.8) is 0 Å². The number of carbonyl (C=O) groups excluding carboxylic acids is 1. The Hall–Kier alpha value is -4.00. The quantitative estimate of drug-likeness (QED) is 0.566. The number of carbonyl (C=O) groups is 1. The molecule has 3 aromatic rings. The lowest BCUT2D eigenvalue weighted by atomic mass is 9.93. The normalized spacial score (nSPS) is 13.6. The van der Waals surface area contributed by atoms with Crippen molar-refractivity contribution in [1.82, 2.24) is 10.3 Å². The minimum atomic E-state index is -0.479. The molecule has 0 unspecified atom stereocenters. The summed E-state index contributed by atoms with van der Waals surface area (Å²) in [5, 5.41) is 2.85. The largest absolute Gasteiger partial charge is 0.497 e. The summed E-state index contributed by atoms with van der Waals surface area (Å²) in [6, 6.07) is 12.9. The van der Waals surface area contributed by atoms with Gasteiger partial charge in [0.1, 0.15) is 22.8 Å². The van der Waals surface area contributed by atoms with Crippen LogP contribution in [0.15, 0.2) is 53.3 Å². The van der Waals surface area contributed by atoms with Gasteiger partial charge in [0.05, 0.1) is 26.3 Å². The Labute approximate surface area is 198 Å². The van der Waals surface area contributed by atoms with E-state index in [4.69, 9.17) is 14.2 Å². The lowest BCUT2D eigenvalue weighted by molar-refractivity contribution is 0.0950. The third kappa shape index (κ3) is 4.69. The van der Waals surface area contributed by atoms with Crippen LogP contribution >= 0.6 is 0 Å². The van der Waals surface area contributed by atoms with E-state index in [9.17, 15) is 9.59 Å². The number of aromatic nitrogens is 1. The number of methoxy groups -OCH3 is 2. The smallest absolute Gasteiger partial charge is 0.256 e. The Bertz CT molecular complexity index is 1340. The zero-order valence-electron chi connectivity index (χ0n) is 19.9. The van der Waals surface area contributed by atoms with E-state index in [2.05, 4.69) is 10.3 Å². The van der Waals surface area contributed by atoms with Gasteiger partial charge in [-0.2, -0.15) is 0 Å². The zero-order chi connectivity index (χ0) is 24.5. The predicted molar refractivity (Wildman–Crippen MR) is 132 cm³/mol. The van der Waals surface area contributed by atoms with Crippen LogP contribution in [-0.2, 0) is 6.54 Å². The van der Waals surface area contributed by atoms with Crippen LogP contribution in [0.3, 0.4) is 0 Å². The van der Waals surface area contributed by atoms with Gasteiger partial charge in [0.15, 0.2) is 0 Å². The molecular formula is C27H28N2O5. The first-order valence-electron chi connectivity index (χ1n) is 11.0. The molecule has 1 aliphatic heterocycles. The third-order valence-electron chi connectivity index (χ3n) is 5.67. The van der Waals surface area contributed by atoms with Crippen LogP contribution in [0, 0.1) is 6.92 Å². The summed E-state index contributed by atoms with van der Waals surface area (Å²) < 4.78 is 17.0. The van der Waals surface area contributed by atoms with E-state index >= 15 is 0 Å². The Morgan fingerprint density at radius 3 is 2.65 bits per heavy atom. The van der Waals surface area contributed by atoms with Gasteiger partial charge < -0.3 is 24.5 Å². The first-order chi connectivity index (χ1) is 16.2. The zero-order valence-corrected chi connectivity index (χ0v) is 19.9. The fourth-order valence-corrected chi connectivity index (χ4v) is 3.92. The Balaban J connectivity index is 1.72. The third-order valence-corrected chi connectivity index (χ3v) is 5.67. The van der Waals surface area contributed by atoms with Gasteiger partial charge in [-0.1, -0.05) is 18.2 Å². The minimum absolute atomic E-state index is 0.0303. The van der Waals surface area contributed by atoms with Crippen LogP contribution in [-0.4, -0.2) is 30.7 Å². The number of rotatable bonds is 6. The number of hydrogen-bond acceptors (Lipinski definition) is 5. The average Bonchev–Trinajstić information content (AvgIpc) is 2.81. The molecule has 1 aliphatic rings. The highest BCUT2D eigenvalue weighted by Gasteiger charge is 2.26. The number of pyridine rings is 1. The SMILES string of the molecule is COc1cccc(-c2cc(C(=O)NCc3c(OC)cc(C)[nH]c3=O)cc3c2OC(C)(C)C=C3)c1. The summed E-state index contributed by atoms with van der Waals surface area (Å²) in [7, 11) is 3.11. The molecule has 1 aromatic heterocycles. The summed E-state index contributed by atoms with van der Waals surface area (Å²) >= 11 is 0. The summed E-state index contributed by atoms with van der Waals surface area (Å²) in [4.78, 5) is 28.3. The van der Waals surface area contributed by atoms with E-state index in [0.717, 1.165) is 16.7 Å². The number of fused-ring (bicyclic) bond motifs is 1. The second-order valence-corrected chi connectivity index (χ2v) is 8.72. The molecule has 7 heteroatoms. The van der Waals surface area contributed by atoms with E-state index < -0.39 is 5.60 Å². The molecule has 2 N–H and O–H groups in total. The topological polar surface area (TPSA) is 89.7 Å². The highest BCUT2D eigenvalue weighted by molar-refractivity contribution is 5.97. The van der Waals surface area contributed by atoms with Crippen molar-refractivity contribution in [2.24, 2.45) is 0 Å². The summed E-state index contributed by atoms with van der Waals surface area (Å²) in [5.41, 5.74) is 3.17. The molecule has 0 atom stereocenters. The van der Waals surface area contributed by atoms with Crippen molar-refractivity contribution in [3.8, 4) is 28.4 Å². The summed E-state index contributed by atoms with van der Waals surface area (Å²) in [5.74, 6) is 1.53. The molecule has 0 saturated carbocycles. The molecule has 0 fully saturated rings. The number of benzene rings is 2. The van der Waals surface area contributed by atoms with Gasteiger partial charge in [-0.3, -0.25) is 9.59 Å². The molecule has 2 heterocycles. The molecule has 0 radical (unpaired) electrons. The van der Waals surface area contributed by atoms with Crippen LogP contribution in [0.5, 0.6) is 17.2 Å². The van der Waals surface area contributed by atoms with Gasteiger partial charge in [0, 0.05) is 22.4 Å². The monoisotopic (exact) mass is 460 g/mol. The van der Waals surface area contributed by atoms with E-state index in [1.807, 2.05) is 50.3 Å².